The maximum absolute atomic E-state index is 13.1. The first-order valence-corrected chi connectivity index (χ1v) is 13.0. The lowest BCUT2D eigenvalue weighted by Gasteiger charge is -2.14. The van der Waals surface area contributed by atoms with Crippen LogP contribution < -0.4 is 5.32 Å². The summed E-state index contributed by atoms with van der Waals surface area (Å²) in [5, 5.41) is 14.2. The van der Waals surface area contributed by atoms with Gasteiger partial charge in [0.25, 0.3) is 5.91 Å². The van der Waals surface area contributed by atoms with Crippen molar-refractivity contribution >= 4 is 37.7 Å². The van der Waals surface area contributed by atoms with Gasteiger partial charge in [0.05, 0.1) is 22.3 Å². The number of aliphatic hydroxyl groups is 1. The Labute approximate surface area is 199 Å². The predicted octanol–water partition coefficient (Wildman–Crippen LogP) is 4.29. The number of H-pyrrole nitrogens is 1. The molecule has 0 aliphatic heterocycles. The number of nitrogens with one attached hydrogen (secondary N) is 2. The van der Waals surface area contributed by atoms with Gasteiger partial charge < -0.3 is 15.4 Å². The fraction of sp³-hybridized carbons (Fsp3) is 0.308. The standard InChI is InChI=1S/C26H29N3O4S/c1-5-34(32,33)19-8-6-7-18(12-19)21-13-20(26(31)27-10-9-16(3)30)17(4)24-23(21)22-11-15(2)14-28-25(22)29-24/h6-8,11-14,16,30H,5,9-10H2,1-4H3,(H,27,31)(H,28,29)/t16-/m1/s1. The molecule has 2 aromatic heterocycles. The van der Waals surface area contributed by atoms with E-state index in [2.05, 4.69) is 15.3 Å². The van der Waals surface area contributed by atoms with Crippen molar-refractivity contribution in [1.82, 2.24) is 15.3 Å². The summed E-state index contributed by atoms with van der Waals surface area (Å²) in [5.74, 6) is -0.242. The molecule has 0 saturated carbocycles. The van der Waals surface area contributed by atoms with Crippen LogP contribution in [0.5, 0.6) is 0 Å². The third-order valence-corrected chi connectivity index (χ3v) is 7.83. The molecule has 1 amide bonds. The van der Waals surface area contributed by atoms with Gasteiger partial charge in [-0.05, 0) is 73.7 Å². The Bertz CT molecular complexity index is 1500. The fourth-order valence-corrected chi connectivity index (χ4v) is 5.10. The van der Waals surface area contributed by atoms with Crippen molar-refractivity contribution in [2.24, 2.45) is 0 Å². The van der Waals surface area contributed by atoms with Crippen LogP contribution in [0, 0.1) is 13.8 Å². The molecule has 7 nitrogen and oxygen atoms in total. The Balaban J connectivity index is 1.98. The number of sulfone groups is 1. The van der Waals surface area contributed by atoms with E-state index in [0.29, 0.717) is 29.7 Å². The monoisotopic (exact) mass is 479 g/mol. The van der Waals surface area contributed by atoms with Crippen LogP contribution >= 0.6 is 0 Å². The Morgan fingerprint density at radius 2 is 1.97 bits per heavy atom. The molecular weight excluding hydrogens is 450 g/mol. The molecule has 0 saturated heterocycles. The largest absolute Gasteiger partial charge is 0.393 e. The second-order valence-corrected chi connectivity index (χ2v) is 11.0. The lowest BCUT2D eigenvalue weighted by Crippen LogP contribution is -2.27. The Hall–Kier alpha value is -3.23. The topological polar surface area (TPSA) is 112 Å². The summed E-state index contributed by atoms with van der Waals surface area (Å²) in [4.78, 5) is 21.2. The number of amides is 1. The Kier molecular flexibility index (Phi) is 6.47. The summed E-state index contributed by atoms with van der Waals surface area (Å²) in [6.07, 6.45) is 1.72. The van der Waals surface area contributed by atoms with Gasteiger partial charge in [-0.1, -0.05) is 19.1 Å². The van der Waals surface area contributed by atoms with Gasteiger partial charge in [0.1, 0.15) is 5.65 Å². The van der Waals surface area contributed by atoms with E-state index in [1.807, 2.05) is 32.0 Å². The molecule has 0 spiro atoms. The van der Waals surface area contributed by atoms with Crippen LogP contribution in [0.25, 0.3) is 33.1 Å². The number of aryl methyl sites for hydroxylation is 2. The number of carbonyl (C=O) groups excluding carboxylic acids is 1. The van der Waals surface area contributed by atoms with Gasteiger partial charge in [-0.3, -0.25) is 4.79 Å². The van der Waals surface area contributed by atoms with Crippen LogP contribution in [0.1, 0.15) is 41.8 Å². The van der Waals surface area contributed by atoms with Crippen LogP contribution in [0.2, 0.25) is 0 Å². The van der Waals surface area contributed by atoms with Gasteiger partial charge in [-0.2, -0.15) is 0 Å². The lowest BCUT2D eigenvalue weighted by atomic mass is 9.93. The van der Waals surface area contributed by atoms with Crippen molar-refractivity contribution in [3.8, 4) is 11.1 Å². The quantitative estimate of drug-likeness (QED) is 0.366. The van der Waals surface area contributed by atoms with E-state index in [4.69, 9.17) is 0 Å². The molecule has 3 N–H and O–H groups in total. The molecule has 8 heteroatoms. The van der Waals surface area contributed by atoms with Crippen LogP contribution in [0.3, 0.4) is 0 Å². The molecule has 0 aliphatic rings. The van der Waals surface area contributed by atoms with Gasteiger partial charge in [0.2, 0.25) is 0 Å². The molecule has 178 valence electrons. The smallest absolute Gasteiger partial charge is 0.251 e. The minimum atomic E-state index is -3.40. The molecule has 0 bridgehead atoms. The zero-order valence-electron chi connectivity index (χ0n) is 19.8. The van der Waals surface area contributed by atoms with E-state index in [0.717, 1.165) is 33.0 Å². The number of aliphatic hydroxyl groups excluding tert-OH is 1. The Morgan fingerprint density at radius 3 is 2.68 bits per heavy atom. The molecule has 2 heterocycles. The number of nitrogens with zero attached hydrogens (tertiary/aromatic N) is 1. The second kappa shape index (κ2) is 9.19. The average molecular weight is 480 g/mol. The van der Waals surface area contributed by atoms with Gasteiger partial charge in [-0.25, -0.2) is 13.4 Å². The number of rotatable bonds is 7. The van der Waals surface area contributed by atoms with E-state index >= 15 is 0 Å². The molecule has 34 heavy (non-hydrogen) atoms. The highest BCUT2D eigenvalue weighted by Gasteiger charge is 2.21. The van der Waals surface area contributed by atoms with E-state index in [9.17, 15) is 18.3 Å². The number of pyridine rings is 1. The maximum atomic E-state index is 13.1. The normalized spacial score (nSPS) is 12.9. The summed E-state index contributed by atoms with van der Waals surface area (Å²) in [6.45, 7) is 7.50. The molecule has 0 fully saturated rings. The summed E-state index contributed by atoms with van der Waals surface area (Å²) >= 11 is 0. The average Bonchev–Trinajstić information content (AvgIpc) is 3.18. The minimum Gasteiger partial charge on any atom is -0.393 e. The zero-order chi connectivity index (χ0) is 24.6. The fourth-order valence-electron chi connectivity index (χ4n) is 4.17. The molecule has 4 rings (SSSR count). The molecule has 4 aromatic rings. The van der Waals surface area contributed by atoms with Crippen molar-refractivity contribution < 1.29 is 18.3 Å². The highest BCUT2D eigenvalue weighted by molar-refractivity contribution is 7.91. The SMILES string of the molecule is CCS(=O)(=O)c1cccc(-c2cc(C(=O)NCC[C@@H](C)O)c(C)c3[nH]c4ncc(C)cc4c23)c1. The van der Waals surface area contributed by atoms with Gasteiger partial charge in [0, 0.05) is 29.1 Å². The van der Waals surface area contributed by atoms with Gasteiger partial charge in [0.15, 0.2) is 9.84 Å². The first kappa shape index (κ1) is 23.9. The van der Waals surface area contributed by atoms with E-state index in [-0.39, 0.29) is 16.6 Å². The molecule has 1 atom stereocenters. The number of hydrogen-bond acceptors (Lipinski definition) is 5. The highest BCUT2D eigenvalue weighted by Crippen LogP contribution is 2.38. The number of hydrogen-bond donors (Lipinski definition) is 3. The first-order valence-electron chi connectivity index (χ1n) is 11.3. The van der Waals surface area contributed by atoms with E-state index < -0.39 is 15.9 Å². The zero-order valence-corrected chi connectivity index (χ0v) is 20.6. The highest BCUT2D eigenvalue weighted by atomic mass is 32.2. The molecular formula is C26H29N3O4S. The third-order valence-electron chi connectivity index (χ3n) is 6.10. The van der Waals surface area contributed by atoms with Gasteiger partial charge in [-0.15, -0.1) is 0 Å². The van der Waals surface area contributed by atoms with E-state index in [1.54, 1.807) is 38.2 Å². The number of benzene rings is 2. The maximum Gasteiger partial charge on any atom is 0.251 e. The number of carbonyl (C=O) groups is 1. The number of fused-ring (bicyclic) bond motifs is 3. The summed E-state index contributed by atoms with van der Waals surface area (Å²) < 4.78 is 25.1. The van der Waals surface area contributed by atoms with Crippen molar-refractivity contribution in [1.29, 1.82) is 0 Å². The lowest BCUT2D eigenvalue weighted by molar-refractivity contribution is 0.0945. The molecule has 0 radical (unpaired) electrons. The van der Waals surface area contributed by atoms with Crippen LogP contribution in [0.15, 0.2) is 47.5 Å². The third kappa shape index (κ3) is 4.43. The molecule has 2 aromatic carbocycles. The first-order chi connectivity index (χ1) is 16.1. The van der Waals surface area contributed by atoms with Crippen LogP contribution in [0.4, 0.5) is 0 Å². The van der Waals surface area contributed by atoms with Crippen molar-refractivity contribution in [3.05, 3.63) is 59.3 Å². The van der Waals surface area contributed by atoms with Crippen molar-refractivity contribution in [2.45, 2.75) is 45.1 Å². The summed E-state index contributed by atoms with van der Waals surface area (Å²) in [5.41, 5.74) is 5.22. The van der Waals surface area contributed by atoms with Crippen molar-refractivity contribution in [2.75, 3.05) is 12.3 Å². The van der Waals surface area contributed by atoms with Crippen LogP contribution in [-0.2, 0) is 9.84 Å². The van der Waals surface area contributed by atoms with E-state index in [1.165, 1.54) is 0 Å². The van der Waals surface area contributed by atoms with Crippen LogP contribution in [-0.4, -0.2) is 47.8 Å². The summed E-state index contributed by atoms with van der Waals surface area (Å²) in [7, 11) is -3.40. The van der Waals surface area contributed by atoms with Gasteiger partial charge >= 0.3 is 0 Å². The molecule has 0 aliphatic carbocycles. The Morgan fingerprint density at radius 1 is 1.21 bits per heavy atom. The minimum absolute atomic E-state index is 0.00684. The number of aromatic amines is 1. The predicted molar refractivity (Wildman–Crippen MR) is 135 cm³/mol. The van der Waals surface area contributed by atoms with Crippen molar-refractivity contribution in [3.63, 3.8) is 0 Å². The second-order valence-electron chi connectivity index (χ2n) is 8.71. The number of aromatic nitrogens is 2. The summed E-state index contributed by atoms with van der Waals surface area (Å²) in [6, 6.07) is 10.7. The molecule has 0 unspecified atom stereocenters.